The van der Waals surface area contributed by atoms with Crippen LogP contribution >= 0.6 is 0 Å². The van der Waals surface area contributed by atoms with Crippen molar-refractivity contribution in [2.75, 3.05) is 13.2 Å². The molecule has 2 rings (SSSR count). The van der Waals surface area contributed by atoms with E-state index < -0.39 is 0 Å². The van der Waals surface area contributed by atoms with Gasteiger partial charge in [-0.2, -0.15) is 0 Å². The summed E-state index contributed by atoms with van der Waals surface area (Å²) in [6, 6.07) is 9.97. The van der Waals surface area contributed by atoms with E-state index >= 15 is 0 Å². The Hall–Kier alpha value is -1.02. The van der Waals surface area contributed by atoms with Crippen LogP contribution in [0.4, 0.5) is 0 Å². The molecular weight excluding hydrogens is 186 g/mol. The lowest BCUT2D eigenvalue weighted by Crippen LogP contribution is -2.46. The molecule has 0 spiro atoms. The van der Waals surface area contributed by atoms with E-state index in [1.165, 1.54) is 12.8 Å². The lowest BCUT2D eigenvalue weighted by molar-refractivity contribution is 0.0211. The highest BCUT2D eigenvalue weighted by atomic mass is 16.5. The summed E-state index contributed by atoms with van der Waals surface area (Å²) in [6.45, 7) is 3.78. The molecule has 1 aromatic carbocycles. The normalized spacial score (nSPS) is 29.6. The monoisotopic (exact) mass is 205 g/mol. The van der Waals surface area contributed by atoms with Crippen LogP contribution in [0.1, 0.15) is 19.8 Å². The molecule has 1 aliphatic carbocycles. The minimum absolute atomic E-state index is 0.245. The van der Waals surface area contributed by atoms with Crippen LogP contribution in [0.15, 0.2) is 30.3 Å². The average molecular weight is 205 g/mol. The van der Waals surface area contributed by atoms with Gasteiger partial charge in [0, 0.05) is 12.0 Å². The average Bonchev–Trinajstić information content (AvgIpc) is 2.24. The predicted molar refractivity (Wildman–Crippen MR) is 61.8 cm³/mol. The van der Waals surface area contributed by atoms with Gasteiger partial charge in [0.15, 0.2) is 0 Å². The molecule has 2 heteroatoms. The fraction of sp³-hybridized carbons (Fsp3) is 0.538. The van der Waals surface area contributed by atoms with Gasteiger partial charge in [-0.3, -0.25) is 0 Å². The van der Waals surface area contributed by atoms with Gasteiger partial charge in [-0.1, -0.05) is 25.1 Å². The lowest BCUT2D eigenvalue weighted by Gasteiger charge is -2.45. The molecule has 0 aliphatic heterocycles. The van der Waals surface area contributed by atoms with Crippen LogP contribution < -0.4 is 10.5 Å². The van der Waals surface area contributed by atoms with E-state index in [1.54, 1.807) is 0 Å². The van der Waals surface area contributed by atoms with Crippen molar-refractivity contribution < 1.29 is 4.74 Å². The standard InChI is InChI=1S/C13H19NO/c1-11-7-13(8-11,9-14)10-15-12-5-3-2-4-6-12/h2-6,11H,7-10,14H2,1H3. The quantitative estimate of drug-likeness (QED) is 0.819. The van der Waals surface area contributed by atoms with Gasteiger partial charge >= 0.3 is 0 Å². The zero-order valence-electron chi connectivity index (χ0n) is 9.28. The first-order valence-corrected chi connectivity index (χ1v) is 5.62. The highest BCUT2D eigenvalue weighted by molar-refractivity contribution is 5.21. The first-order chi connectivity index (χ1) is 7.24. The molecular formula is C13H19NO. The number of rotatable bonds is 4. The fourth-order valence-corrected chi connectivity index (χ4v) is 2.52. The number of benzene rings is 1. The second-order valence-corrected chi connectivity index (χ2v) is 4.82. The van der Waals surface area contributed by atoms with Gasteiger partial charge in [0.2, 0.25) is 0 Å². The summed E-state index contributed by atoms with van der Waals surface area (Å²) in [5.41, 5.74) is 6.06. The van der Waals surface area contributed by atoms with E-state index in [0.717, 1.165) is 24.8 Å². The van der Waals surface area contributed by atoms with Gasteiger partial charge in [-0.25, -0.2) is 0 Å². The van der Waals surface area contributed by atoms with Gasteiger partial charge < -0.3 is 10.5 Å². The molecule has 0 atom stereocenters. The van der Waals surface area contributed by atoms with Crippen molar-refractivity contribution in [3.8, 4) is 5.75 Å². The largest absolute Gasteiger partial charge is 0.493 e. The molecule has 0 unspecified atom stereocenters. The topological polar surface area (TPSA) is 35.2 Å². The first-order valence-electron chi connectivity index (χ1n) is 5.62. The summed E-state index contributed by atoms with van der Waals surface area (Å²) in [7, 11) is 0. The zero-order chi connectivity index (χ0) is 10.7. The van der Waals surface area contributed by atoms with Gasteiger partial charge in [0.05, 0.1) is 6.61 Å². The Kier molecular flexibility index (Phi) is 2.96. The third kappa shape index (κ3) is 2.32. The molecule has 2 nitrogen and oxygen atoms in total. The van der Waals surface area contributed by atoms with Crippen LogP contribution in [-0.4, -0.2) is 13.2 Å². The van der Waals surface area contributed by atoms with Crippen LogP contribution in [0.3, 0.4) is 0 Å². The summed E-state index contributed by atoms with van der Waals surface area (Å²) in [5.74, 6) is 1.76. The van der Waals surface area contributed by atoms with Crippen molar-refractivity contribution in [3.63, 3.8) is 0 Å². The summed E-state index contributed by atoms with van der Waals surface area (Å²) < 4.78 is 5.77. The van der Waals surface area contributed by atoms with Crippen LogP contribution in [0, 0.1) is 11.3 Å². The highest BCUT2D eigenvalue weighted by Gasteiger charge is 2.41. The van der Waals surface area contributed by atoms with Crippen LogP contribution in [0.25, 0.3) is 0 Å². The SMILES string of the molecule is CC1CC(CN)(COc2ccccc2)C1. The Morgan fingerprint density at radius 1 is 1.33 bits per heavy atom. The number of hydrogen-bond donors (Lipinski definition) is 1. The van der Waals surface area contributed by atoms with Crippen molar-refractivity contribution in [2.45, 2.75) is 19.8 Å². The van der Waals surface area contributed by atoms with Crippen molar-refractivity contribution in [1.29, 1.82) is 0 Å². The number of para-hydroxylation sites is 1. The third-order valence-corrected chi connectivity index (χ3v) is 3.28. The maximum atomic E-state index is 5.82. The first kappa shape index (κ1) is 10.5. The molecule has 15 heavy (non-hydrogen) atoms. The zero-order valence-corrected chi connectivity index (χ0v) is 9.28. The molecule has 0 amide bonds. The van der Waals surface area contributed by atoms with E-state index in [2.05, 4.69) is 6.92 Å². The molecule has 1 fully saturated rings. The van der Waals surface area contributed by atoms with Gasteiger partial charge in [-0.05, 0) is 30.9 Å². The smallest absolute Gasteiger partial charge is 0.119 e. The van der Waals surface area contributed by atoms with Crippen molar-refractivity contribution in [2.24, 2.45) is 17.1 Å². The van der Waals surface area contributed by atoms with Crippen molar-refractivity contribution in [3.05, 3.63) is 30.3 Å². The highest BCUT2D eigenvalue weighted by Crippen LogP contribution is 2.44. The van der Waals surface area contributed by atoms with E-state index in [0.29, 0.717) is 0 Å². The van der Waals surface area contributed by atoms with E-state index in [9.17, 15) is 0 Å². The predicted octanol–water partition coefficient (Wildman–Crippen LogP) is 2.44. The Morgan fingerprint density at radius 2 is 2.00 bits per heavy atom. The molecule has 82 valence electrons. The minimum Gasteiger partial charge on any atom is -0.493 e. The Balaban J connectivity index is 1.87. The third-order valence-electron chi connectivity index (χ3n) is 3.28. The molecule has 1 aliphatic rings. The maximum Gasteiger partial charge on any atom is 0.119 e. The molecule has 0 radical (unpaired) electrons. The second-order valence-electron chi connectivity index (χ2n) is 4.82. The second kappa shape index (κ2) is 4.23. The van der Waals surface area contributed by atoms with E-state index in [1.807, 2.05) is 30.3 Å². The lowest BCUT2D eigenvalue weighted by atomic mass is 9.63. The van der Waals surface area contributed by atoms with Gasteiger partial charge in [0.1, 0.15) is 5.75 Å². The molecule has 2 N–H and O–H groups in total. The van der Waals surface area contributed by atoms with Crippen LogP contribution in [0.2, 0.25) is 0 Å². The van der Waals surface area contributed by atoms with Crippen LogP contribution in [0.5, 0.6) is 5.75 Å². The van der Waals surface area contributed by atoms with Gasteiger partial charge in [-0.15, -0.1) is 0 Å². The Bertz CT molecular complexity index is 304. The van der Waals surface area contributed by atoms with E-state index in [-0.39, 0.29) is 5.41 Å². The maximum absolute atomic E-state index is 5.82. The van der Waals surface area contributed by atoms with Gasteiger partial charge in [0.25, 0.3) is 0 Å². The molecule has 0 heterocycles. The summed E-state index contributed by atoms with van der Waals surface area (Å²) >= 11 is 0. The number of hydrogen-bond acceptors (Lipinski definition) is 2. The molecule has 1 aromatic rings. The van der Waals surface area contributed by atoms with E-state index in [4.69, 9.17) is 10.5 Å². The summed E-state index contributed by atoms with van der Waals surface area (Å²) in [4.78, 5) is 0. The Labute approximate surface area is 91.4 Å². The minimum atomic E-state index is 0.245. The summed E-state index contributed by atoms with van der Waals surface area (Å²) in [6.07, 6.45) is 2.41. The molecule has 0 saturated heterocycles. The fourth-order valence-electron chi connectivity index (χ4n) is 2.52. The molecule has 1 saturated carbocycles. The number of ether oxygens (including phenoxy) is 1. The molecule has 0 bridgehead atoms. The van der Waals surface area contributed by atoms with Crippen LogP contribution in [-0.2, 0) is 0 Å². The van der Waals surface area contributed by atoms with Crippen molar-refractivity contribution in [1.82, 2.24) is 0 Å². The molecule has 0 aromatic heterocycles. The Morgan fingerprint density at radius 3 is 2.53 bits per heavy atom. The van der Waals surface area contributed by atoms with Crippen molar-refractivity contribution >= 4 is 0 Å². The summed E-state index contributed by atoms with van der Waals surface area (Å²) in [5, 5.41) is 0. The number of nitrogens with two attached hydrogens (primary N) is 1.